The lowest BCUT2D eigenvalue weighted by Gasteiger charge is -2.21. The Labute approximate surface area is 633 Å². The molecule has 17 nitrogen and oxygen atoms in total. The number of phosphoric acid groups is 2. The summed E-state index contributed by atoms with van der Waals surface area (Å²) in [6.07, 6.45) is 82.3. The Morgan fingerprint density at radius 3 is 0.779 bits per heavy atom. The van der Waals surface area contributed by atoms with Crippen molar-refractivity contribution in [2.24, 2.45) is 0 Å². The molecule has 104 heavy (non-hydrogen) atoms. The van der Waals surface area contributed by atoms with E-state index >= 15 is 0 Å². The van der Waals surface area contributed by atoms with Crippen LogP contribution in [0.3, 0.4) is 0 Å². The third kappa shape index (κ3) is 76.2. The highest BCUT2D eigenvalue weighted by molar-refractivity contribution is 7.47. The van der Waals surface area contributed by atoms with E-state index in [1.807, 2.05) is 0 Å². The Balaban J connectivity index is 5.37. The molecule has 0 spiro atoms. The molecule has 0 radical (unpaired) electrons. The van der Waals surface area contributed by atoms with Crippen LogP contribution >= 0.6 is 15.6 Å². The minimum atomic E-state index is -4.98. The van der Waals surface area contributed by atoms with Crippen LogP contribution in [0.2, 0.25) is 0 Å². The van der Waals surface area contributed by atoms with Gasteiger partial charge in [-0.2, -0.15) is 0 Å². The van der Waals surface area contributed by atoms with Crippen molar-refractivity contribution < 1.29 is 80.2 Å². The average molecular weight is 1510 g/mol. The van der Waals surface area contributed by atoms with Crippen LogP contribution in [0, 0.1) is 0 Å². The van der Waals surface area contributed by atoms with Gasteiger partial charge in [0.2, 0.25) is 0 Å². The third-order valence-corrected chi connectivity index (χ3v) is 19.4. The van der Waals surface area contributed by atoms with E-state index in [0.717, 1.165) is 180 Å². The summed E-state index contributed by atoms with van der Waals surface area (Å²) in [5.74, 6) is -2.20. The van der Waals surface area contributed by atoms with Gasteiger partial charge in [0.1, 0.15) is 19.3 Å². The molecule has 0 aromatic rings. The number of ether oxygens (including phenoxy) is 4. The number of aliphatic hydroxyl groups excluding tert-OH is 1. The van der Waals surface area contributed by atoms with Crippen molar-refractivity contribution in [1.82, 2.24) is 0 Å². The molecule has 0 aliphatic carbocycles. The Morgan fingerprint density at radius 1 is 0.279 bits per heavy atom. The van der Waals surface area contributed by atoms with E-state index in [9.17, 15) is 43.2 Å². The standard InChI is InChI=1S/C85H150O17P2/c1-5-9-13-17-21-25-29-33-37-39-43-45-49-53-57-61-65-69-82(87)95-75-80(101-84(89)71-67-63-59-55-51-47-41-35-31-27-23-19-15-11-7-3)77-99-103(91,92)97-73-79(86)74-98-104(93,94)100-78-81(102-85(90)72-68-64-60-56-52-48-42-36-32-28-24-20-16-12-8-4)76-96-83(88)70-66-62-58-54-50-46-44-40-38-34-30-26-22-18-14-10-6-2/h9-10,13-14,21-22,25-26,33-35,37-38,41,43,45,79-81,86H,5-8,11-12,15-20,23-24,27-32,36,39-40,42,44,46-78H2,1-4H3,(H,91,92)(H,93,94)/b13-9-,14-10-,25-21-,26-22-,37-33-,38-34-,41-35-,45-43-. The zero-order chi connectivity index (χ0) is 76.0. The number of rotatable bonds is 78. The molecule has 0 bridgehead atoms. The first-order chi connectivity index (χ1) is 50.7. The Bertz CT molecular complexity index is 2350. The van der Waals surface area contributed by atoms with Crippen LogP contribution in [0.15, 0.2) is 97.2 Å². The molecular formula is C85H150O17P2. The van der Waals surface area contributed by atoms with E-state index in [1.165, 1.54) is 103 Å². The van der Waals surface area contributed by atoms with E-state index in [0.29, 0.717) is 25.7 Å². The fourth-order valence-corrected chi connectivity index (χ4v) is 12.9. The number of unbranched alkanes of at least 4 members (excludes halogenated alkanes) is 36. The van der Waals surface area contributed by atoms with Gasteiger partial charge < -0.3 is 33.8 Å². The minimum absolute atomic E-state index is 0.0804. The molecule has 0 aliphatic heterocycles. The lowest BCUT2D eigenvalue weighted by Crippen LogP contribution is -2.30. The second-order valence-corrected chi connectivity index (χ2v) is 30.6. The molecule has 0 saturated carbocycles. The smallest absolute Gasteiger partial charge is 0.462 e. The fraction of sp³-hybridized carbons (Fsp3) is 0.765. The summed E-state index contributed by atoms with van der Waals surface area (Å²) >= 11 is 0. The Hall–Kier alpha value is -4.02. The molecule has 0 aromatic carbocycles. The first-order valence-electron chi connectivity index (χ1n) is 41.5. The second-order valence-electron chi connectivity index (χ2n) is 27.7. The lowest BCUT2D eigenvalue weighted by atomic mass is 10.0. The van der Waals surface area contributed by atoms with E-state index in [-0.39, 0.29) is 25.7 Å². The monoisotopic (exact) mass is 1510 g/mol. The summed E-state index contributed by atoms with van der Waals surface area (Å²) in [7, 11) is -9.96. The summed E-state index contributed by atoms with van der Waals surface area (Å²) in [5.41, 5.74) is 0. The van der Waals surface area contributed by atoms with Gasteiger partial charge in [0.25, 0.3) is 0 Å². The molecule has 0 aliphatic rings. The van der Waals surface area contributed by atoms with Gasteiger partial charge in [-0.15, -0.1) is 0 Å². The van der Waals surface area contributed by atoms with Gasteiger partial charge in [-0.05, 0) is 122 Å². The van der Waals surface area contributed by atoms with Gasteiger partial charge in [-0.3, -0.25) is 37.3 Å². The van der Waals surface area contributed by atoms with Gasteiger partial charge in [0.05, 0.1) is 26.4 Å². The first kappa shape index (κ1) is 100.0. The molecule has 0 rings (SSSR count). The number of aliphatic hydroxyl groups is 1. The van der Waals surface area contributed by atoms with Crippen LogP contribution in [-0.4, -0.2) is 96.7 Å². The summed E-state index contributed by atoms with van der Waals surface area (Å²) in [6, 6.07) is 0. The summed E-state index contributed by atoms with van der Waals surface area (Å²) in [6.45, 7) is 4.67. The highest BCUT2D eigenvalue weighted by atomic mass is 31.2. The maximum absolute atomic E-state index is 13.1. The summed E-state index contributed by atoms with van der Waals surface area (Å²) in [4.78, 5) is 73.1. The van der Waals surface area contributed by atoms with Gasteiger partial charge in [-0.25, -0.2) is 9.13 Å². The van der Waals surface area contributed by atoms with Crippen LogP contribution in [0.1, 0.15) is 362 Å². The van der Waals surface area contributed by atoms with Gasteiger partial charge in [-0.1, -0.05) is 311 Å². The average Bonchev–Trinajstić information content (AvgIpc) is 0.937. The number of hydrogen-bond donors (Lipinski definition) is 3. The van der Waals surface area contributed by atoms with Crippen molar-refractivity contribution in [3.8, 4) is 0 Å². The second kappa shape index (κ2) is 77.1. The number of esters is 4. The van der Waals surface area contributed by atoms with Crippen LogP contribution in [-0.2, 0) is 65.4 Å². The SMILES string of the molecule is CC/C=C\C/C=C\C/C=C\C/C=C\CCCCCCC(=O)OCC(COP(=O)(O)OCC(O)COP(=O)(O)OCC(COC(=O)CCCCCCCCC/C=C\C/C=C\C/C=C\CC)OC(=O)CCCCCCCCCCCCCCCCC)OC(=O)CCCCCCC/C=C\CCCCCCCC. The fourth-order valence-electron chi connectivity index (χ4n) is 11.3. The van der Waals surface area contributed by atoms with Gasteiger partial charge in [0.15, 0.2) is 12.2 Å². The molecular weight excluding hydrogens is 1350 g/mol. The summed E-state index contributed by atoms with van der Waals surface area (Å²) in [5, 5.41) is 10.7. The predicted molar refractivity (Wildman–Crippen MR) is 427 cm³/mol. The zero-order valence-electron chi connectivity index (χ0n) is 65.9. The highest BCUT2D eigenvalue weighted by Gasteiger charge is 2.30. The molecule has 0 aromatic heterocycles. The topological polar surface area (TPSA) is 237 Å². The molecule has 0 saturated heterocycles. The van der Waals surface area contributed by atoms with Gasteiger partial charge >= 0.3 is 39.5 Å². The van der Waals surface area contributed by atoms with Crippen LogP contribution in [0.4, 0.5) is 0 Å². The van der Waals surface area contributed by atoms with Crippen molar-refractivity contribution in [3.05, 3.63) is 97.2 Å². The van der Waals surface area contributed by atoms with Crippen molar-refractivity contribution in [2.75, 3.05) is 39.6 Å². The number of carbonyl (C=O) groups excluding carboxylic acids is 4. The maximum Gasteiger partial charge on any atom is 0.472 e. The zero-order valence-corrected chi connectivity index (χ0v) is 67.7. The predicted octanol–water partition coefficient (Wildman–Crippen LogP) is 24.3. The Kier molecular flexibility index (Phi) is 74.2. The van der Waals surface area contributed by atoms with Crippen LogP contribution in [0.25, 0.3) is 0 Å². The minimum Gasteiger partial charge on any atom is -0.462 e. The molecule has 19 heteroatoms. The van der Waals surface area contributed by atoms with E-state index in [2.05, 4.69) is 125 Å². The highest BCUT2D eigenvalue weighted by Crippen LogP contribution is 2.45. The Morgan fingerprint density at radius 2 is 0.500 bits per heavy atom. The van der Waals surface area contributed by atoms with Crippen molar-refractivity contribution in [2.45, 2.75) is 380 Å². The number of allylic oxidation sites excluding steroid dienone is 16. The molecule has 0 fully saturated rings. The lowest BCUT2D eigenvalue weighted by molar-refractivity contribution is -0.161. The molecule has 0 heterocycles. The number of phosphoric ester groups is 2. The summed E-state index contributed by atoms with van der Waals surface area (Å²) < 4.78 is 68.7. The van der Waals surface area contributed by atoms with Crippen molar-refractivity contribution >= 4 is 39.5 Å². The van der Waals surface area contributed by atoms with Crippen LogP contribution in [0.5, 0.6) is 0 Å². The quantitative estimate of drug-likeness (QED) is 0.0169. The first-order valence-corrected chi connectivity index (χ1v) is 44.5. The molecule has 3 N–H and O–H groups in total. The van der Waals surface area contributed by atoms with Crippen LogP contribution < -0.4 is 0 Å². The van der Waals surface area contributed by atoms with Crippen molar-refractivity contribution in [3.63, 3.8) is 0 Å². The molecule has 0 amide bonds. The van der Waals surface area contributed by atoms with E-state index in [4.69, 9.17) is 37.0 Å². The van der Waals surface area contributed by atoms with E-state index < -0.39 is 97.5 Å². The largest absolute Gasteiger partial charge is 0.472 e. The molecule has 602 valence electrons. The normalized spacial score (nSPS) is 14.3. The molecule has 5 atom stereocenters. The van der Waals surface area contributed by atoms with Gasteiger partial charge in [0, 0.05) is 25.7 Å². The number of hydrogen-bond acceptors (Lipinski definition) is 15. The third-order valence-electron chi connectivity index (χ3n) is 17.5. The van der Waals surface area contributed by atoms with E-state index in [1.54, 1.807) is 0 Å². The maximum atomic E-state index is 13.1. The molecule has 5 unspecified atom stereocenters. The number of carbonyl (C=O) groups is 4. The van der Waals surface area contributed by atoms with Crippen molar-refractivity contribution in [1.29, 1.82) is 0 Å².